The van der Waals surface area contributed by atoms with Gasteiger partial charge in [0.1, 0.15) is 12.1 Å². The third-order valence-electron chi connectivity index (χ3n) is 7.18. The fourth-order valence-electron chi connectivity index (χ4n) is 5.31. The average molecular weight is 466 g/mol. The van der Waals surface area contributed by atoms with Crippen LogP contribution < -0.4 is 10.5 Å². The van der Waals surface area contributed by atoms with Crippen LogP contribution in [0.3, 0.4) is 0 Å². The van der Waals surface area contributed by atoms with Gasteiger partial charge in [-0.1, -0.05) is 6.07 Å². The summed E-state index contributed by atoms with van der Waals surface area (Å²) in [5.74, 6) is 1.03. The van der Waals surface area contributed by atoms with Crippen LogP contribution in [-0.2, 0) is 13.0 Å². The van der Waals surface area contributed by atoms with E-state index in [4.69, 9.17) is 4.98 Å². The van der Waals surface area contributed by atoms with Gasteiger partial charge in [-0.25, -0.2) is 9.97 Å². The molecule has 0 radical (unpaired) electrons. The first-order valence-electron chi connectivity index (χ1n) is 12.2. The molecule has 1 fully saturated rings. The SMILES string of the molecule is Cc1cc(-c2ccc(=O)[nH]c2)cc2c(N3CCc4ccc(C(=O)N5CCCC5)cc4C3)ncnc12. The van der Waals surface area contributed by atoms with Gasteiger partial charge in [-0.05, 0) is 84.3 Å². The predicted molar refractivity (Wildman–Crippen MR) is 137 cm³/mol. The van der Waals surface area contributed by atoms with Crippen molar-refractivity contribution in [1.82, 2.24) is 19.9 Å². The fraction of sp³-hybridized carbons (Fsp3) is 0.286. The van der Waals surface area contributed by atoms with Crippen molar-refractivity contribution in [3.8, 4) is 11.1 Å². The van der Waals surface area contributed by atoms with Crippen molar-refractivity contribution in [2.45, 2.75) is 32.7 Å². The van der Waals surface area contributed by atoms with Crippen LogP contribution in [0.4, 0.5) is 5.82 Å². The molecule has 2 aromatic carbocycles. The Bertz CT molecular complexity index is 1480. The molecule has 4 heterocycles. The van der Waals surface area contributed by atoms with Crippen LogP contribution in [-0.4, -0.2) is 45.4 Å². The summed E-state index contributed by atoms with van der Waals surface area (Å²) in [6.45, 7) is 5.30. The van der Waals surface area contributed by atoms with E-state index in [1.165, 1.54) is 11.1 Å². The molecular weight excluding hydrogens is 438 g/mol. The van der Waals surface area contributed by atoms with E-state index in [9.17, 15) is 9.59 Å². The van der Waals surface area contributed by atoms with Crippen LogP contribution >= 0.6 is 0 Å². The summed E-state index contributed by atoms with van der Waals surface area (Å²) >= 11 is 0. The summed E-state index contributed by atoms with van der Waals surface area (Å²) in [5, 5.41) is 0.987. The van der Waals surface area contributed by atoms with Crippen LogP contribution in [0.25, 0.3) is 22.0 Å². The molecule has 0 spiro atoms. The van der Waals surface area contributed by atoms with Crippen LogP contribution in [0.15, 0.2) is 59.8 Å². The molecule has 176 valence electrons. The quantitative estimate of drug-likeness (QED) is 0.493. The van der Waals surface area contributed by atoms with Crippen LogP contribution in [0.5, 0.6) is 0 Å². The minimum atomic E-state index is -0.121. The number of carbonyl (C=O) groups is 1. The zero-order valence-corrected chi connectivity index (χ0v) is 19.8. The van der Waals surface area contributed by atoms with Crippen molar-refractivity contribution in [1.29, 1.82) is 0 Å². The summed E-state index contributed by atoms with van der Waals surface area (Å²) < 4.78 is 0. The Morgan fingerprint density at radius 1 is 0.943 bits per heavy atom. The molecule has 1 N–H and O–H groups in total. The van der Waals surface area contributed by atoms with Crippen molar-refractivity contribution in [2.24, 2.45) is 0 Å². The molecule has 2 aliphatic rings. The number of anilines is 1. The average Bonchev–Trinajstić information content (AvgIpc) is 3.43. The number of rotatable bonds is 3. The maximum atomic E-state index is 13.0. The Hall–Kier alpha value is -4.00. The maximum Gasteiger partial charge on any atom is 0.253 e. The molecular formula is C28H27N5O2. The van der Waals surface area contributed by atoms with Gasteiger partial charge >= 0.3 is 0 Å². The second-order valence-electron chi connectivity index (χ2n) is 9.48. The van der Waals surface area contributed by atoms with Crippen molar-refractivity contribution in [3.05, 3.63) is 87.6 Å². The topological polar surface area (TPSA) is 82.2 Å². The minimum absolute atomic E-state index is 0.121. The van der Waals surface area contributed by atoms with Gasteiger partial charge in [0.05, 0.1) is 5.52 Å². The summed E-state index contributed by atoms with van der Waals surface area (Å²) in [6, 6.07) is 13.7. The van der Waals surface area contributed by atoms with Gasteiger partial charge in [-0.3, -0.25) is 9.59 Å². The van der Waals surface area contributed by atoms with E-state index in [0.717, 1.165) is 77.9 Å². The Morgan fingerprint density at radius 3 is 2.60 bits per heavy atom. The molecule has 0 saturated carbocycles. The summed E-state index contributed by atoms with van der Waals surface area (Å²) in [5.41, 5.74) is 7.07. The van der Waals surface area contributed by atoms with E-state index < -0.39 is 0 Å². The number of H-pyrrole nitrogens is 1. The first-order chi connectivity index (χ1) is 17.1. The summed E-state index contributed by atoms with van der Waals surface area (Å²) in [4.78, 5) is 40.8. The molecule has 1 amide bonds. The number of amides is 1. The Labute approximate surface area is 203 Å². The zero-order chi connectivity index (χ0) is 23.9. The molecule has 0 atom stereocenters. The molecule has 1 saturated heterocycles. The third kappa shape index (κ3) is 3.97. The number of hydrogen-bond acceptors (Lipinski definition) is 5. The van der Waals surface area contributed by atoms with Gasteiger partial charge in [0, 0.05) is 49.4 Å². The molecule has 2 aromatic heterocycles. The number of likely N-dealkylation sites (tertiary alicyclic amines) is 1. The molecule has 35 heavy (non-hydrogen) atoms. The number of fused-ring (bicyclic) bond motifs is 2. The highest BCUT2D eigenvalue weighted by Gasteiger charge is 2.24. The maximum absolute atomic E-state index is 13.0. The molecule has 0 unspecified atom stereocenters. The number of aromatic nitrogens is 3. The first-order valence-corrected chi connectivity index (χ1v) is 12.2. The largest absolute Gasteiger partial charge is 0.351 e. The highest BCUT2D eigenvalue weighted by Crippen LogP contribution is 2.33. The normalized spacial score (nSPS) is 15.5. The standard InChI is InChI=1S/C28H27N5O2/c1-18-12-22(21-6-7-25(34)29-15-21)14-24-26(18)30-17-31-27(24)33-11-8-19-4-5-20(13-23(19)16-33)28(35)32-9-2-3-10-32/h4-7,12-15,17H,2-3,8-11,16H2,1H3,(H,29,34). The second kappa shape index (κ2) is 8.65. The number of pyridine rings is 1. The lowest BCUT2D eigenvalue weighted by atomic mass is 9.96. The number of hydrogen-bond donors (Lipinski definition) is 1. The third-order valence-corrected chi connectivity index (χ3v) is 7.18. The lowest BCUT2D eigenvalue weighted by Crippen LogP contribution is -2.32. The van der Waals surface area contributed by atoms with Crippen LogP contribution in [0, 0.1) is 6.92 Å². The van der Waals surface area contributed by atoms with Gasteiger partial charge in [0.15, 0.2) is 0 Å². The molecule has 7 heteroatoms. The van der Waals surface area contributed by atoms with E-state index in [1.807, 2.05) is 17.0 Å². The molecule has 0 aliphatic carbocycles. The summed E-state index contributed by atoms with van der Waals surface area (Å²) in [7, 11) is 0. The lowest BCUT2D eigenvalue weighted by Gasteiger charge is -2.31. The van der Waals surface area contributed by atoms with Gasteiger partial charge in [-0.2, -0.15) is 0 Å². The van der Waals surface area contributed by atoms with Crippen LogP contribution in [0.2, 0.25) is 0 Å². The van der Waals surface area contributed by atoms with Crippen molar-refractivity contribution in [3.63, 3.8) is 0 Å². The molecule has 0 bridgehead atoms. The Kier molecular flexibility index (Phi) is 5.32. The van der Waals surface area contributed by atoms with Gasteiger partial charge in [-0.15, -0.1) is 0 Å². The highest BCUT2D eigenvalue weighted by atomic mass is 16.2. The van der Waals surface area contributed by atoms with Gasteiger partial charge < -0.3 is 14.8 Å². The van der Waals surface area contributed by atoms with E-state index in [1.54, 1.807) is 18.6 Å². The number of benzene rings is 2. The monoisotopic (exact) mass is 465 g/mol. The highest BCUT2D eigenvalue weighted by molar-refractivity contribution is 5.96. The van der Waals surface area contributed by atoms with Crippen LogP contribution in [0.1, 0.15) is 39.9 Å². The Balaban J connectivity index is 1.37. The van der Waals surface area contributed by atoms with E-state index >= 15 is 0 Å². The number of aromatic amines is 1. The number of carbonyl (C=O) groups excluding carboxylic acids is 1. The molecule has 4 aromatic rings. The van der Waals surface area contributed by atoms with Crippen molar-refractivity contribution in [2.75, 3.05) is 24.5 Å². The van der Waals surface area contributed by atoms with Gasteiger partial charge in [0.2, 0.25) is 5.56 Å². The number of nitrogens with one attached hydrogen (secondary N) is 1. The number of nitrogens with zero attached hydrogens (tertiary/aromatic N) is 4. The zero-order valence-electron chi connectivity index (χ0n) is 19.8. The van der Waals surface area contributed by atoms with Crippen molar-refractivity contribution < 1.29 is 4.79 Å². The van der Waals surface area contributed by atoms with Crippen molar-refractivity contribution >= 4 is 22.6 Å². The van der Waals surface area contributed by atoms with E-state index in [-0.39, 0.29) is 11.5 Å². The number of aryl methyl sites for hydroxylation is 1. The second-order valence-corrected chi connectivity index (χ2v) is 9.48. The molecule has 7 nitrogen and oxygen atoms in total. The fourth-order valence-corrected chi connectivity index (χ4v) is 5.31. The smallest absolute Gasteiger partial charge is 0.253 e. The summed E-state index contributed by atoms with van der Waals surface area (Å²) in [6.07, 6.45) is 6.45. The lowest BCUT2D eigenvalue weighted by molar-refractivity contribution is 0.0792. The van der Waals surface area contributed by atoms with E-state index in [0.29, 0.717) is 6.54 Å². The first kappa shape index (κ1) is 21.5. The Morgan fingerprint density at radius 2 is 1.80 bits per heavy atom. The van der Waals surface area contributed by atoms with E-state index in [2.05, 4.69) is 46.1 Å². The minimum Gasteiger partial charge on any atom is -0.351 e. The van der Waals surface area contributed by atoms with Gasteiger partial charge in [0.25, 0.3) is 5.91 Å². The molecule has 2 aliphatic heterocycles. The molecule has 6 rings (SSSR count). The predicted octanol–water partition coefficient (Wildman–Crippen LogP) is 4.09.